The summed E-state index contributed by atoms with van der Waals surface area (Å²) in [5.41, 5.74) is 3.14. The van der Waals surface area contributed by atoms with Gasteiger partial charge in [-0.3, -0.25) is 9.69 Å². The van der Waals surface area contributed by atoms with Crippen molar-refractivity contribution in [1.29, 1.82) is 0 Å². The summed E-state index contributed by atoms with van der Waals surface area (Å²) in [6.07, 6.45) is 0. The van der Waals surface area contributed by atoms with Gasteiger partial charge in [-0.25, -0.2) is 0 Å². The number of anilines is 2. The quantitative estimate of drug-likeness (QED) is 0.897. The Morgan fingerprint density at radius 3 is 2.50 bits per heavy atom. The molecule has 1 aliphatic heterocycles. The number of ether oxygens (including phenoxy) is 1. The predicted octanol–water partition coefficient (Wildman–Crippen LogP) is 3.15. The lowest BCUT2D eigenvalue weighted by Gasteiger charge is -2.38. The predicted molar refractivity (Wildman–Crippen MR) is 106 cm³/mol. The van der Waals surface area contributed by atoms with Crippen LogP contribution in [0, 0.1) is 6.92 Å². The smallest absolute Gasteiger partial charge is 0.241 e. The molecule has 0 saturated carbocycles. The Hall–Kier alpha value is -2.53. The zero-order chi connectivity index (χ0) is 18.5. The second-order valence-electron chi connectivity index (χ2n) is 6.70. The van der Waals surface area contributed by atoms with E-state index in [0.29, 0.717) is 0 Å². The van der Waals surface area contributed by atoms with E-state index >= 15 is 0 Å². The molecule has 2 aromatic carbocycles. The van der Waals surface area contributed by atoms with E-state index in [9.17, 15) is 4.79 Å². The zero-order valence-corrected chi connectivity index (χ0v) is 15.7. The van der Waals surface area contributed by atoms with Gasteiger partial charge in [0.2, 0.25) is 5.91 Å². The van der Waals surface area contributed by atoms with Gasteiger partial charge in [0.15, 0.2) is 0 Å². The van der Waals surface area contributed by atoms with Gasteiger partial charge in [-0.05, 0) is 37.6 Å². The number of para-hydroxylation sites is 1. The molecule has 1 amide bonds. The lowest BCUT2D eigenvalue weighted by Crippen LogP contribution is -2.52. The van der Waals surface area contributed by atoms with Crippen LogP contribution in [0.5, 0.6) is 5.75 Å². The summed E-state index contributed by atoms with van der Waals surface area (Å²) in [4.78, 5) is 17.2. The minimum atomic E-state index is -0.151. The Morgan fingerprint density at radius 1 is 1.08 bits per heavy atom. The summed E-state index contributed by atoms with van der Waals surface area (Å²) in [6, 6.07) is 15.9. The standard InChI is InChI=1S/C21H27N3O2/c1-16-7-4-5-10-20(16)22-21(25)17(2)23-11-13-24(14-12-23)18-8-6-9-19(15-18)26-3/h4-10,15,17H,11-14H2,1-3H3,(H,22,25)/t17-/m0/s1. The van der Waals surface area contributed by atoms with Crippen LogP contribution >= 0.6 is 0 Å². The maximum atomic E-state index is 12.6. The van der Waals surface area contributed by atoms with E-state index < -0.39 is 0 Å². The van der Waals surface area contributed by atoms with Crippen molar-refractivity contribution in [3.8, 4) is 5.75 Å². The van der Waals surface area contributed by atoms with Crippen molar-refractivity contribution in [2.75, 3.05) is 43.5 Å². The Bertz CT molecular complexity index is 754. The molecule has 138 valence electrons. The van der Waals surface area contributed by atoms with Gasteiger partial charge in [-0.2, -0.15) is 0 Å². The minimum absolute atomic E-state index is 0.0501. The zero-order valence-electron chi connectivity index (χ0n) is 15.7. The number of methoxy groups -OCH3 is 1. The summed E-state index contributed by atoms with van der Waals surface area (Å²) in [5.74, 6) is 0.921. The fraction of sp³-hybridized carbons (Fsp3) is 0.381. The van der Waals surface area contributed by atoms with E-state index in [2.05, 4.69) is 27.2 Å². The number of aryl methyl sites for hydroxylation is 1. The van der Waals surface area contributed by atoms with Crippen molar-refractivity contribution < 1.29 is 9.53 Å². The Balaban J connectivity index is 1.57. The molecule has 0 aromatic heterocycles. The molecule has 1 heterocycles. The number of piperazine rings is 1. The fourth-order valence-electron chi connectivity index (χ4n) is 3.29. The van der Waals surface area contributed by atoms with Crippen LogP contribution in [0.25, 0.3) is 0 Å². The van der Waals surface area contributed by atoms with Crippen LogP contribution in [0.2, 0.25) is 0 Å². The molecule has 1 aliphatic rings. The lowest BCUT2D eigenvalue weighted by molar-refractivity contribution is -0.120. The third-order valence-electron chi connectivity index (χ3n) is 5.06. The molecule has 1 N–H and O–H groups in total. The van der Waals surface area contributed by atoms with E-state index in [1.807, 2.05) is 50.2 Å². The number of amides is 1. The van der Waals surface area contributed by atoms with E-state index in [1.165, 1.54) is 5.69 Å². The van der Waals surface area contributed by atoms with Crippen molar-refractivity contribution in [2.45, 2.75) is 19.9 Å². The Labute approximate surface area is 155 Å². The summed E-state index contributed by atoms with van der Waals surface area (Å²) in [7, 11) is 1.69. The second kappa shape index (κ2) is 8.23. The monoisotopic (exact) mass is 353 g/mol. The molecule has 1 fully saturated rings. The average molecular weight is 353 g/mol. The van der Waals surface area contributed by atoms with Gasteiger partial charge < -0.3 is 15.0 Å². The average Bonchev–Trinajstić information content (AvgIpc) is 2.69. The summed E-state index contributed by atoms with van der Waals surface area (Å²) in [6.45, 7) is 7.51. The summed E-state index contributed by atoms with van der Waals surface area (Å²) in [5, 5.41) is 3.05. The molecule has 5 heteroatoms. The first-order valence-corrected chi connectivity index (χ1v) is 9.08. The van der Waals surface area contributed by atoms with Crippen LogP contribution in [-0.4, -0.2) is 50.1 Å². The molecule has 0 bridgehead atoms. The number of rotatable bonds is 5. The molecule has 0 spiro atoms. The van der Waals surface area contributed by atoms with Gasteiger partial charge in [0.1, 0.15) is 5.75 Å². The maximum Gasteiger partial charge on any atom is 0.241 e. The number of nitrogens with zero attached hydrogens (tertiary/aromatic N) is 2. The molecule has 0 radical (unpaired) electrons. The van der Waals surface area contributed by atoms with Gasteiger partial charge in [0.05, 0.1) is 13.2 Å². The molecular weight excluding hydrogens is 326 g/mol. The third-order valence-corrected chi connectivity index (χ3v) is 5.06. The first kappa shape index (κ1) is 18.3. The van der Waals surface area contributed by atoms with E-state index in [4.69, 9.17) is 4.74 Å². The van der Waals surface area contributed by atoms with E-state index in [0.717, 1.165) is 43.2 Å². The van der Waals surface area contributed by atoms with Crippen molar-refractivity contribution in [1.82, 2.24) is 4.90 Å². The van der Waals surface area contributed by atoms with Crippen LogP contribution in [0.1, 0.15) is 12.5 Å². The number of carbonyl (C=O) groups excluding carboxylic acids is 1. The van der Waals surface area contributed by atoms with Crippen LogP contribution in [-0.2, 0) is 4.79 Å². The molecule has 0 unspecified atom stereocenters. The normalized spacial score (nSPS) is 16.2. The van der Waals surface area contributed by atoms with Gasteiger partial charge in [0.25, 0.3) is 0 Å². The van der Waals surface area contributed by atoms with Crippen molar-refractivity contribution in [3.63, 3.8) is 0 Å². The number of nitrogens with one attached hydrogen (secondary N) is 1. The molecule has 3 rings (SSSR count). The minimum Gasteiger partial charge on any atom is -0.497 e. The highest BCUT2D eigenvalue weighted by Gasteiger charge is 2.26. The summed E-state index contributed by atoms with van der Waals surface area (Å²) < 4.78 is 5.31. The van der Waals surface area contributed by atoms with Crippen molar-refractivity contribution >= 4 is 17.3 Å². The highest BCUT2D eigenvalue weighted by molar-refractivity contribution is 5.95. The SMILES string of the molecule is COc1cccc(N2CCN([C@@H](C)C(=O)Nc3ccccc3C)CC2)c1. The van der Waals surface area contributed by atoms with Crippen LogP contribution < -0.4 is 15.0 Å². The Morgan fingerprint density at radius 2 is 1.81 bits per heavy atom. The second-order valence-corrected chi connectivity index (χ2v) is 6.70. The van der Waals surface area contributed by atoms with Gasteiger partial charge in [-0.15, -0.1) is 0 Å². The first-order valence-electron chi connectivity index (χ1n) is 9.08. The highest BCUT2D eigenvalue weighted by Crippen LogP contribution is 2.23. The number of benzene rings is 2. The maximum absolute atomic E-state index is 12.6. The Kier molecular flexibility index (Phi) is 5.78. The lowest BCUT2D eigenvalue weighted by atomic mass is 10.1. The molecule has 2 aromatic rings. The molecule has 5 nitrogen and oxygen atoms in total. The summed E-state index contributed by atoms with van der Waals surface area (Å²) >= 11 is 0. The van der Waals surface area contributed by atoms with E-state index in [1.54, 1.807) is 7.11 Å². The van der Waals surface area contributed by atoms with Gasteiger partial charge in [0, 0.05) is 43.6 Å². The van der Waals surface area contributed by atoms with Crippen LogP contribution in [0.4, 0.5) is 11.4 Å². The van der Waals surface area contributed by atoms with Crippen LogP contribution in [0.3, 0.4) is 0 Å². The van der Waals surface area contributed by atoms with Gasteiger partial charge in [-0.1, -0.05) is 24.3 Å². The number of hydrogen-bond donors (Lipinski definition) is 1. The first-order chi connectivity index (χ1) is 12.6. The fourth-order valence-corrected chi connectivity index (χ4v) is 3.29. The molecule has 1 atom stereocenters. The largest absolute Gasteiger partial charge is 0.497 e. The van der Waals surface area contributed by atoms with Crippen molar-refractivity contribution in [2.24, 2.45) is 0 Å². The molecule has 1 saturated heterocycles. The number of hydrogen-bond acceptors (Lipinski definition) is 4. The van der Waals surface area contributed by atoms with Crippen molar-refractivity contribution in [3.05, 3.63) is 54.1 Å². The van der Waals surface area contributed by atoms with E-state index in [-0.39, 0.29) is 11.9 Å². The molecule has 26 heavy (non-hydrogen) atoms. The highest BCUT2D eigenvalue weighted by atomic mass is 16.5. The topological polar surface area (TPSA) is 44.8 Å². The molecule has 0 aliphatic carbocycles. The van der Waals surface area contributed by atoms with Crippen LogP contribution in [0.15, 0.2) is 48.5 Å². The third kappa shape index (κ3) is 4.17. The number of carbonyl (C=O) groups is 1. The van der Waals surface area contributed by atoms with Gasteiger partial charge >= 0.3 is 0 Å². The molecular formula is C21H27N3O2.